The first kappa shape index (κ1) is 19.2. The SMILES string of the molecule is Cc1cc(C)nc(NC(=O)c2cccc(S(N)(=O)=O)c2CS(C)=O)n1. The van der Waals surface area contributed by atoms with Crippen LogP contribution in [0.25, 0.3) is 0 Å². The largest absolute Gasteiger partial charge is 0.290 e. The van der Waals surface area contributed by atoms with Gasteiger partial charge in [0, 0.05) is 34.0 Å². The van der Waals surface area contributed by atoms with Crippen molar-refractivity contribution in [2.24, 2.45) is 5.14 Å². The van der Waals surface area contributed by atoms with Crippen molar-refractivity contribution in [1.82, 2.24) is 9.97 Å². The molecule has 2 aromatic rings. The molecular weight excluding hydrogens is 364 g/mol. The number of benzene rings is 1. The Hall–Kier alpha value is -2.17. The topological polar surface area (TPSA) is 132 Å². The Morgan fingerprint density at radius 3 is 2.36 bits per heavy atom. The average Bonchev–Trinajstić information content (AvgIpc) is 2.44. The number of carbonyl (C=O) groups is 1. The smallest absolute Gasteiger partial charge is 0.258 e. The van der Waals surface area contributed by atoms with Gasteiger partial charge in [-0.2, -0.15) is 0 Å². The molecule has 1 unspecified atom stereocenters. The van der Waals surface area contributed by atoms with E-state index in [4.69, 9.17) is 5.14 Å². The highest BCUT2D eigenvalue weighted by Gasteiger charge is 2.22. The third kappa shape index (κ3) is 4.91. The molecule has 0 saturated heterocycles. The van der Waals surface area contributed by atoms with Crippen LogP contribution in [0.2, 0.25) is 0 Å². The Morgan fingerprint density at radius 1 is 1.24 bits per heavy atom. The van der Waals surface area contributed by atoms with E-state index in [1.807, 2.05) is 0 Å². The maximum Gasteiger partial charge on any atom is 0.258 e. The number of aromatic nitrogens is 2. The highest BCUT2D eigenvalue weighted by Crippen LogP contribution is 2.21. The van der Waals surface area contributed by atoms with Gasteiger partial charge in [0.25, 0.3) is 5.91 Å². The molecule has 3 N–H and O–H groups in total. The zero-order valence-corrected chi connectivity index (χ0v) is 15.6. The predicted molar refractivity (Wildman–Crippen MR) is 95.0 cm³/mol. The number of sulfonamides is 1. The molecule has 1 aromatic carbocycles. The van der Waals surface area contributed by atoms with Crippen molar-refractivity contribution >= 4 is 32.7 Å². The van der Waals surface area contributed by atoms with Crippen LogP contribution in [-0.4, -0.2) is 34.8 Å². The van der Waals surface area contributed by atoms with Crippen LogP contribution >= 0.6 is 0 Å². The number of nitrogens with zero attached hydrogens (tertiary/aromatic N) is 2. The van der Waals surface area contributed by atoms with Gasteiger partial charge in [-0.15, -0.1) is 0 Å². The molecule has 0 aliphatic rings. The van der Waals surface area contributed by atoms with Crippen LogP contribution in [0, 0.1) is 13.8 Å². The van der Waals surface area contributed by atoms with Crippen LogP contribution in [0.5, 0.6) is 0 Å². The van der Waals surface area contributed by atoms with Crippen molar-refractivity contribution in [3.63, 3.8) is 0 Å². The Morgan fingerprint density at radius 2 is 1.84 bits per heavy atom. The van der Waals surface area contributed by atoms with Crippen molar-refractivity contribution < 1.29 is 17.4 Å². The van der Waals surface area contributed by atoms with E-state index in [-0.39, 0.29) is 27.7 Å². The van der Waals surface area contributed by atoms with Gasteiger partial charge in [-0.1, -0.05) is 6.07 Å². The molecule has 0 bridgehead atoms. The molecule has 0 saturated carbocycles. The number of carbonyl (C=O) groups excluding carboxylic acids is 1. The lowest BCUT2D eigenvalue weighted by Gasteiger charge is -2.13. The van der Waals surface area contributed by atoms with Crippen LogP contribution in [-0.2, 0) is 26.6 Å². The number of hydrogen-bond donors (Lipinski definition) is 2. The number of amides is 1. The third-order valence-corrected chi connectivity index (χ3v) is 4.93. The van der Waals surface area contributed by atoms with Gasteiger partial charge in [-0.25, -0.2) is 23.5 Å². The van der Waals surface area contributed by atoms with Gasteiger partial charge >= 0.3 is 0 Å². The summed E-state index contributed by atoms with van der Waals surface area (Å²) in [4.78, 5) is 20.6. The molecule has 10 heteroatoms. The summed E-state index contributed by atoms with van der Waals surface area (Å²) in [6.07, 6.45) is 1.41. The summed E-state index contributed by atoms with van der Waals surface area (Å²) in [5.74, 6) is -0.619. The van der Waals surface area contributed by atoms with Crippen LogP contribution < -0.4 is 10.5 Å². The van der Waals surface area contributed by atoms with Gasteiger partial charge in [0.05, 0.1) is 10.6 Å². The second-order valence-corrected chi connectivity index (χ2v) is 8.44. The Bertz CT molecular complexity index is 938. The van der Waals surface area contributed by atoms with Crippen molar-refractivity contribution in [2.45, 2.75) is 24.5 Å². The normalized spacial score (nSPS) is 12.6. The summed E-state index contributed by atoms with van der Waals surface area (Å²) >= 11 is 0. The standard InChI is InChI=1S/C15H18N4O4S2/c1-9-7-10(2)18-15(17-9)19-14(20)11-5-4-6-13(25(16,22)23)12(11)8-24(3)21/h4-7H,8H2,1-3H3,(H2,16,22,23)(H,17,18,19,20). The number of hydrogen-bond acceptors (Lipinski definition) is 6. The number of nitrogens with one attached hydrogen (secondary N) is 1. The molecule has 0 spiro atoms. The molecule has 25 heavy (non-hydrogen) atoms. The highest BCUT2D eigenvalue weighted by atomic mass is 32.2. The summed E-state index contributed by atoms with van der Waals surface area (Å²) in [7, 11) is -5.44. The maximum atomic E-state index is 12.6. The maximum absolute atomic E-state index is 12.6. The lowest BCUT2D eigenvalue weighted by Crippen LogP contribution is -2.21. The van der Waals surface area contributed by atoms with E-state index < -0.39 is 26.7 Å². The number of anilines is 1. The van der Waals surface area contributed by atoms with Gasteiger partial charge < -0.3 is 0 Å². The number of aryl methyl sites for hydroxylation is 2. The average molecular weight is 382 g/mol. The highest BCUT2D eigenvalue weighted by molar-refractivity contribution is 7.89. The lowest BCUT2D eigenvalue weighted by atomic mass is 10.1. The van der Waals surface area contributed by atoms with Gasteiger partial charge in [0.1, 0.15) is 0 Å². The second kappa shape index (κ2) is 7.38. The quantitative estimate of drug-likeness (QED) is 0.788. The van der Waals surface area contributed by atoms with Crippen molar-refractivity contribution in [2.75, 3.05) is 11.6 Å². The summed E-state index contributed by atoms with van der Waals surface area (Å²) in [6, 6.07) is 5.87. The fourth-order valence-corrected chi connectivity index (χ4v) is 3.95. The second-order valence-electron chi connectivity index (χ2n) is 5.47. The molecule has 0 fully saturated rings. The minimum Gasteiger partial charge on any atom is -0.290 e. The number of nitrogens with two attached hydrogens (primary N) is 1. The number of rotatable bonds is 5. The van der Waals surface area contributed by atoms with Gasteiger partial charge in [0.15, 0.2) is 0 Å². The van der Waals surface area contributed by atoms with E-state index >= 15 is 0 Å². The molecule has 1 atom stereocenters. The fourth-order valence-electron chi connectivity index (χ4n) is 2.35. The lowest BCUT2D eigenvalue weighted by molar-refractivity contribution is 0.102. The summed E-state index contributed by atoms with van der Waals surface area (Å²) in [6.45, 7) is 3.52. The summed E-state index contributed by atoms with van der Waals surface area (Å²) < 4.78 is 35.2. The fraction of sp³-hybridized carbons (Fsp3) is 0.267. The predicted octanol–water partition coefficient (Wildman–Crippen LogP) is 0.872. The molecular formula is C15H18N4O4S2. The first-order valence-electron chi connectivity index (χ1n) is 7.16. The van der Waals surface area contributed by atoms with Crippen LogP contribution in [0.1, 0.15) is 27.3 Å². The molecule has 0 aliphatic heterocycles. The zero-order chi connectivity index (χ0) is 18.8. The Labute approximate surface area is 148 Å². The summed E-state index contributed by atoms with van der Waals surface area (Å²) in [5, 5.41) is 7.75. The van der Waals surface area contributed by atoms with E-state index in [1.54, 1.807) is 19.9 Å². The zero-order valence-electron chi connectivity index (χ0n) is 13.9. The van der Waals surface area contributed by atoms with E-state index in [0.29, 0.717) is 11.4 Å². The van der Waals surface area contributed by atoms with Crippen LogP contribution in [0.4, 0.5) is 5.95 Å². The third-order valence-electron chi connectivity index (χ3n) is 3.24. The number of primary sulfonamides is 1. The van der Waals surface area contributed by atoms with E-state index in [9.17, 15) is 17.4 Å². The first-order chi connectivity index (χ1) is 11.6. The van der Waals surface area contributed by atoms with E-state index in [0.717, 1.165) is 0 Å². The molecule has 1 amide bonds. The minimum absolute atomic E-state index is 0.0597. The van der Waals surface area contributed by atoms with Crippen LogP contribution in [0.3, 0.4) is 0 Å². The van der Waals surface area contributed by atoms with Crippen molar-refractivity contribution in [3.8, 4) is 0 Å². The van der Waals surface area contributed by atoms with E-state index in [2.05, 4.69) is 15.3 Å². The Balaban J connectivity index is 2.50. The van der Waals surface area contributed by atoms with E-state index in [1.165, 1.54) is 24.5 Å². The van der Waals surface area contributed by atoms with Gasteiger partial charge in [-0.05, 0) is 37.6 Å². The minimum atomic E-state index is -4.07. The monoisotopic (exact) mass is 382 g/mol. The molecule has 8 nitrogen and oxygen atoms in total. The van der Waals surface area contributed by atoms with Gasteiger partial charge in [-0.3, -0.25) is 14.3 Å². The molecule has 0 aliphatic carbocycles. The van der Waals surface area contributed by atoms with Crippen molar-refractivity contribution in [3.05, 3.63) is 46.8 Å². The van der Waals surface area contributed by atoms with Crippen molar-refractivity contribution in [1.29, 1.82) is 0 Å². The summed E-state index contributed by atoms with van der Waals surface area (Å²) in [5.41, 5.74) is 1.52. The molecule has 1 heterocycles. The molecule has 134 valence electrons. The first-order valence-corrected chi connectivity index (χ1v) is 10.4. The molecule has 1 aromatic heterocycles. The molecule has 2 rings (SSSR count). The van der Waals surface area contributed by atoms with Crippen LogP contribution in [0.15, 0.2) is 29.2 Å². The Kier molecular flexibility index (Phi) is 5.65. The van der Waals surface area contributed by atoms with Gasteiger partial charge in [0.2, 0.25) is 16.0 Å². The molecule has 0 radical (unpaired) electrons.